The highest BCUT2D eigenvalue weighted by Gasteiger charge is 2.38. The molecule has 0 saturated heterocycles. The van der Waals surface area contributed by atoms with E-state index in [1.165, 1.54) is 19.3 Å². The van der Waals surface area contributed by atoms with Gasteiger partial charge in [0.25, 0.3) is 0 Å². The van der Waals surface area contributed by atoms with Crippen molar-refractivity contribution >= 4 is 0 Å². The fraction of sp³-hybridized carbons (Fsp3) is 1.00. The van der Waals surface area contributed by atoms with Gasteiger partial charge in [0, 0.05) is 5.54 Å². The Morgan fingerprint density at radius 2 is 1.85 bits per heavy atom. The third-order valence-electron chi connectivity index (χ3n) is 3.61. The predicted octanol–water partition coefficient (Wildman–Crippen LogP) is 3.19. The number of nitrogens with two attached hydrogens (primary N) is 1. The van der Waals surface area contributed by atoms with Gasteiger partial charge in [0.1, 0.15) is 0 Å². The Hall–Kier alpha value is -0.0400. The van der Waals surface area contributed by atoms with Crippen molar-refractivity contribution in [1.29, 1.82) is 0 Å². The van der Waals surface area contributed by atoms with Crippen molar-refractivity contribution in [2.45, 2.75) is 59.4 Å². The molecule has 0 heterocycles. The molecule has 0 aromatic heterocycles. The van der Waals surface area contributed by atoms with Crippen LogP contribution in [0.25, 0.3) is 0 Å². The fourth-order valence-corrected chi connectivity index (χ4v) is 3.04. The molecule has 1 rings (SSSR count). The van der Waals surface area contributed by atoms with Crippen LogP contribution in [0, 0.1) is 17.3 Å². The molecule has 1 nitrogen and oxygen atoms in total. The highest BCUT2D eigenvalue weighted by molar-refractivity contribution is 4.92. The highest BCUT2D eigenvalue weighted by Crippen LogP contribution is 2.43. The Labute approximate surface area is 83.1 Å². The summed E-state index contributed by atoms with van der Waals surface area (Å²) < 4.78 is 0. The van der Waals surface area contributed by atoms with Gasteiger partial charge in [-0.15, -0.1) is 0 Å². The Morgan fingerprint density at radius 3 is 2.23 bits per heavy atom. The average molecular weight is 183 g/mol. The van der Waals surface area contributed by atoms with Crippen LogP contribution in [0.5, 0.6) is 0 Å². The van der Waals surface area contributed by atoms with E-state index < -0.39 is 0 Å². The predicted molar refractivity (Wildman–Crippen MR) is 58.6 cm³/mol. The maximum atomic E-state index is 6.17. The van der Waals surface area contributed by atoms with Gasteiger partial charge < -0.3 is 5.73 Å². The van der Waals surface area contributed by atoms with Gasteiger partial charge in [-0.3, -0.25) is 0 Å². The molecule has 1 fully saturated rings. The molecule has 1 aliphatic carbocycles. The quantitative estimate of drug-likeness (QED) is 0.613. The maximum absolute atomic E-state index is 6.17. The van der Waals surface area contributed by atoms with Crippen LogP contribution in [0.15, 0.2) is 0 Å². The molecule has 3 unspecified atom stereocenters. The summed E-state index contributed by atoms with van der Waals surface area (Å²) in [6.07, 6.45) is 3.69. The normalized spacial score (nSPS) is 42.0. The van der Waals surface area contributed by atoms with Crippen molar-refractivity contribution in [3.8, 4) is 0 Å². The molecule has 0 spiro atoms. The summed E-state index contributed by atoms with van der Waals surface area (Å²) in [6, 6.07) is 0. The maximum Gasteiger partial charge on any atom is 0.0128 e. The zero-order valence-corrected chi connectivity index (χ0v) is 9.85. The smallest absolute Gasteiger partial charge is 0.0128 e. The molecule has 1 aliphatic rings. The lowest BCUT2D eigenvalue weighted by Crippen LogP contribution is -2.46. The van der Waals surface area contributed by atoms with Gasteiger partial charge in [-0.2, -0.15) is 0 Å². The first-order chi connectivity index (χ1) is 5.72. The van der Waals surface area contributed by atoms with Crippen LogP contribution in [-0.4, -0.2) is 5.54 Å². The SMILES string of the molecule is CC1CC(C)(N)CCC1C(C)(C)C. The number of rotatable bonds is 0. The fourth-order valence-electron chi connectivity index (χ4n) is 3.04. The average Bonchev–Trinajstić information content (AvgIpc) is 1.80. The Morgan fingerprint density at radius 1 is 1.31 bits per heavy atom. The second kappa shape index (κ2) is 3.27. The van der Waals surface area contributed by atoms with Gasteiger partial charge in [0.2, 0.25) is 0 Å². The molecule has 0 radical (unpaired) electrons. The molecule has 0 amide bonds. The molecule has 0 aromatic carbocycles. The zero-order chi connectivity index (χ0) is 10.3. The van der Waals surface area contributed by atoms with E-state index in [1.807, 2.05) is 0 Å². The van der Waals surface area contributed by atoms with Crippen LogP contribution in [-0.2, 0) is 0 Å². The number of hydrogen-bond donors (Lipinski definition) is 1. The van der Waals surface area contributed by atoms with Crippen LogP contribution < -0.4 is 5.73 Å². The minimum atomic E-state index is 0.0984. The van der Waals surface area contributed by atoms with Crippen molar-refractivity contribution in [1.82, 2.24) is 0 Å². The van der Waals surface area contributed by atoms with E-state index in [-0.39, 0.29) is 5.54 Å². The lowest BCUT2D eigenvalue weighted by Gasteiger charge is -2.45. The van der Waals surface area contributed by atoms with E-state index in [0.717, 1.165) is 11.8 Å². The first-order valence-corrected chi connectivity index (χ1v) is 5.51. The van der Waals surface area contributed by atoms with E-state index in [1.54, 1.807) is 0 Å². The third-order valence-corrected chi connectivity index (χ3v) is 3.61. The van der Waals surface area contributed by atoms with Gasteiger partial charge in [0.15, 0.2) is 0 Å². The Kier molecular flexibility index (Phi) is 2.78. The standard InChI is InChI=1S/C12H25N/c1-9-8-12(5,13)7-6-10(9)11(2,3)4/h9-10H,6-8,13H2,1-5H3. The van der Waals surface area contributed by atoms with Crippen molar-refractivity contribution in [2.75, 3.05) is 0 Å². The summed E-state index contributed by atoms with van der Waals surface area (Å²) in [7, 11) is 0. The lowest BCUT2D eigenvalue weighted by atomic mass is 9.63. The van der Waals surface area contributed by atoms with Crippen LogP contribution >= 0.6 is 0 Å². The summed E-state index contributed by atoms with van der Waals surface area (Å²) in [5.74, 6) is 1.63. The van der Waals surface area contributed by atoms with Gasteiger partial charge in [0.05, 0.1) is 0 Å². The Balaban J connectivity index is 2.64. The summed E-state index contributed by atoms with van der Waals surface area (Å²) >= 11 is 0. The Bertz CT molecular complexity index is 176. The van der Waals surface area contributed by atoms with Crippen molar-refractivity contribution < 1.29 is 0 Å². The van der Waals surface area contributed by atoms with Crippen molar-refractivity contribution in [2.24, 2.45) is 23.0 Å². The highest BCUT2D eigenvalue weighted by atomic mass is 14.7. The second-order valence-corrected chi connectivity index (χ2v) is 6.35. The zero-order valence-electron chi connectivity index (χ0n) is 9.85. The molecule has 3 atom stereocenters. The van der Waals surface area contributed by atoms with Crippen molar-refractivity contribution in [3.05, 3.63) is 0 Å². The molecule has 1 saturated carbocycles. The minimum Gasteiger partial charge on any atom is -0.325 e. The summed E-state index contributed by atoms with van der Waals surface area (Å²) in [4.78, 5) is 0. The first kappa shape index (κ1) is 11.0. The largest absolute Gasteiger partial charge is 0.325 e. The summed E-state index contributed by atoms with van der Waals surface area (Å²) in [5.41, 5.74) is 6.73. The van der Waals surface area contributed by atoms with E-state index in [9.17, 15) is 0 Å². The number of hydrogen-bond acceptors (Lipinski definition) is 1. The van der Waals surface area contributed by atoms with E-state index in [0.29, 0.717) is 5.41 Å². The topological polar surface area (TPSA) is 26.0 Å². The summed E-state index contributed by atoms with van der Waals surface area (Å²) in [5, 5.41) is 0. The third kappa shape index (κ3) is 2.70. The summed E-state index contributed by atoms with van der Waals surface area (Å²) in [6.45, 7) is 11.6. The lowest BCUT2D eigenvalue weighted by molar-refractivity contribution is 0.0830. The van der Waals surface area contributed by atoms with Gasteiger partial charge in [-0.25, -0.2) is 0 Å². The van der Waals surface area contributed by atoms with Crippen LogP contribution in [0.3, 0.4) is 0 Å². The molecular weight excluding hydrogens is 158 g/mol. The van der Waals surface area contributed by atoms with Gasteiger partial charge >= 0.3 is 0 Å². The van der Waals surface area contributed by atoms with Gasteiger partial charge in [-0.05, 0) is 43.4 Å². The molecule has 0 aliphatic heterocycles. The van der Waals surface area contributed by atoms with E-state index >= 15 is 0 Å². The molecule has 0 bridgehead atoms. The molecule has 13 heavy (non-hydrogen) atoms. The monoisotopic (exact) mass is 183 g/mol. The first-order valence-electron chi connectivity index (χ1n) is 5.51. The van der Waals surface area contributed by atoms with Crippen molar-refractivity contribution in [3.63, 3.8) is 0 Å². The van der Waals surface area contributed by atoms with Gasteiger partial charge in [-0.1, -0.05) is 27.7 Å². The second-order valence-electron chi connectivity index (χ2n) is 6.35. The molecule has 1 heteroatoms. The van der Waals surface area contributed by atoms with E-state index in [4.69, 9.17) is 5.73 Å². The van der Waals surface area contributed by atoms with Crippen LogP contribution in [0.2, 0.25) is 0 Å². The molecule has 78 valence electrons. The van der Waals surface area contributed by atoms with Crippen LogP contribution in [0.4, 0.5) is 0 Å². The molecule has 2 N–H and O–H groups in total. The minimum absolute atomic E-state index is 0.0984. The molecule has 0 aromatic rings. The molecular formula is C12H25N. The van der Waals surface area contributed by atoms with E-state index in [2.05, 4.69) is 34.6 Å². The van der Waals surface area contributed by atoms with Crippen LogP contribution in [0.1, 0.15) is 53.9 Å².